The van der Waals surface area contributed by atoms with Gasteiger partial charge in [-0.3, -0.25) is 4.79 Å². The summed E-state index contributed by atoms with van der Waals surface area (Å²) in [6, 6.07) is 0. The maximum absolute atomic E-state index is 10.9. The lowest BCUT2D eigenvalue weighted by Gasteiger charge is -2.10. The van der Waals surface area contributed by atoms with Crippen LogP contribution >= 0.6 is 23.2 Å². The summed E-state index contributed by atoms with van der Waals surface area (Å²) in [5, 5.41) is 0. The van der Waals surface area contributed by atoms with Crippen LogP contribution in [0.3, 0.4) is 0 Å². The molecule has 5 nitrogen and oxygen atoms in total. The molecule has 7 heteroatoms. The van der Waals surface area contributed by atoms with Gasteiger partial charge in [-0.05, 0) is 0 Å². The quantitative estimate of drug-likeness (QED) is 0.291. The minimum Gasteiger partial charge on any atom is -0.458 e. The van der Waals surface area contributed by atoms with E-state index in [1.165, 1.54) is 0 Å². The molecular weight excluding hydrogens is 217 g/mol. The van der Waals surface area contributed by atoms with Gasteiger partial charge in [0, 0.05) is 0 Å². The molecule has 0 saturated heterocycles. The molecule has 0 rings (SSSR count). The Labute approximate surface area is 86.0 Å². The topological polar surface area (TPSA) is 90.7 Å². The standard InChI is InChI=1S/C6H11Cl2N3O2/c7-1-4(2-8)13-5(12)3-11-6(9)10/h4H,1-3H2,(H4,9,10,11). The van der Waals surface area contributed by atoms with E-state index in [9.17, 15) is 4.79 Å². The lowest BCUT2D eigenvalue weighted by Crippen LogP contribution is -2.27. The van der Waals surface area contributed by atoms with E-state index in [4.69, 9.17) is 39.4 Å². The maximum Gasteiger partial charge on any atom is 0.328 e. The summed E-state index contributed by atoms with van der Waals surface area (Å²) < 4.78 is 4.78. The van der Waals surface area contributed by atoms with Crippen molar-refractivity contribution in [1.82, 2.24) is 0 Å². The molecule has 0 amide bonds. The van der Waals surface area contributed by atoms with E-state index in [2.05, 4.69) is 4.99 Å². The van der Waals surface area contributed by atoms with E-state index >= 15 is 0 Å². The van der Waals surface area contributed by atoms with Crippen LogP contribution in [0, 0.1) is 0 Å². The summed E-state index contributed by atoms with van der Waals surface area (Å²) in [5.41, 5.74) is 10.0. The van der Waals surface area contributed by atoms with E-state index in [-0.39, 0.29) is 24.3 Å². The van der Waals surface area contributed by atoms with Gasteiger partial charge in [-0.15, -0.1) is 23.2 Å². The van der Waals surface area contributed by atoms with Gasteiger partial charge in [0.1, 0.15) is 12.6 Å². The number of carbonyl (C=O) groups is 1. The first kappa shape index (κ1) is 12.3. The molecular formula is C6H11Cl2N3O2. The van der Waals surface area contributed by atoms with Gasteiger partial charge in [0.25, 0.3) is 0 Å². The lowest BCUT2D eigenvalue weighted by atomic mass is 10.4. The molecule has 13 heavy (non-hydrogen) atoms. The van der Waals surface area contributed by atoms with Crippen molar-refractivity contribution < 1.29 is 9.53 Å². The van der Waals surface area contributed by atoms with Gasteiger partial charge in [-0.25, -0.2) is 4.99 Å². The molecule has 0 radical (unpaired) electrons. The Morgan fingerprint density at radius 2 is 1.92 bits per heavy atom. The Morgan fingerprint density at radius 1 is 1.38 bits per heavy atom. The number of hydrogen-bond donors (Lipinski definition) is 2. The molecule has 0 fully saturated rings. The first-order chi connectivity index (χ1) is 6.10. The summed E-state index contributed by atoms with van der Waals surface area (Å²) in [5.74, 6) is -0.418. The number of halogens is 2. The molecule has 0 spiro atoms. The van der Waals surface area contributed by atoms with Crippen molar-refractivity contribution in [3.63, 3.8) is 0 Å². The maximum atomic E-state index is 10.9. The highest BCUT2D eigenvalue weighted by atomic mass is 35.5. The molecule has 76 valence electrons. The zero-order valence-corrected chi connectivity index (χ0v) is 8.38. The first-order valence-corrected chi connectivity index (χ1v) is 4.53. The fraction of sp³-hybridized carbons (Fsp3) is 0.667. The molecule has 0 heterocycles. The van der Waals surface area contributed by atoms with Crippen molar-refractivity contribution in [1.29, 1.82) is 0 Å². The Balaban J connectivity index is 3.79. The Kier molecular flexibility index (Phi) is 6.44. The van der Waals surface area contributed by atoms with Gasteiger partial charge in [-0.1, -0.05) is 0 Å². The van der Waals surface area contributed by atoms with Crippen molar-refractivity contribution in [3.8, 4) is 0 Å². The van der Waals surface area contributed by atoms with Gasteiger partial charge in [0.15, 0.2) is 5.96 Å². The van der Waals surface area contributed by atoms with Gasteiger partial charge in [0.2, 0.25) is 0 Å². The number of esters is 1. The van der Waals surface area contributed by atoms with Gasteiger partial charge >= 0.3 is 5.97 Å². The summed E-state index contributed by atoms with van der Waals surface area (Å²) in [7, 11) is 0. The van der Waals surface area contributed by atoms with E-state index in [1.807, 2.05) is 0 Å². The predicted octanol–water partition coefficient (Wildman–Crippen LogP) is -0.351. The van der Waals surface area contributed by atoms with Crippen LogP contribution in [-0.2, 0) is 9.53 Å². The molecule has 0 atom stereocenters. The number of guanidine groups is 1. The van der Waals surface area contributed by atoms with E-state index in [0.29, 0.717) is 0 Å². The van der Waals surface area contributed by atoms with E-state index in [0.717, 1.165) is 0 Å². The fourth-order valence-electron chi connectivity index (χ4n) is 0.483. The predicted molar refractivity (Wildman–Crippen MR) is 52.0 cm³/mol. The van der Waals surface area contributed by atoms with Crippen molar-refractivity contribution in [2.45, 2.75) is 6.10 Å². The lowest BCUT2D eigenvalue weighted by molar-refractivity contribution is -0.145. The number of hydrogen-bond acceptors (Lipinski definition) is 3. The van der Waals surface area contributed by atoms with Crippen LogP contribution in [0.2, 0.25) is 0 Å². The third kappa shape index (κ3) is 6.48. The van der Waals surface area contributed by atoms with Gasteiger partial charge in [0.05, 0.1) is 11.8 Å². The molecule has 0 bridgehead atoms. The van der Waals surface area contributed by atoms with Gasteiger partial charge in [-0.2, -0.15) is 0 Å². The summed E-state index contributed by atoms with van der Waals surface area (Å²) >= 11 is 10.9. The largest absolute Gasteiger partial charge is 0.458 e. The third-order valence-corrected chi connectivity index (χ3v) is 1.72. The second-order valence-corrected chi connectivity index (χ2v) is 2.78. The average Bonchev–Trinajstić information content (AvgIpc) is 2.10. The van der Waals surface area contributed by atoms with Crippen LogP contribution in [0.5, 0.6) is 0 Å². The van der Waals surface area contributed by atoms with Crippen molar-refractivity contribution in [3.05, 3.63) is 0 Å². The van der Waals surface area contributed by atoms with Crippen LogP contribution in [0.1, 0.15) is 0 Å². The zero-order valence-electron chi connectivity index (χ0n) is 6.87. The molecule has 0 aromatic carbocycles. The molecule has 0 aliphatic heterocycles. The minimum atomic E-state index is -0.556. The number of nitrogens with zero attached hydrogens (tertiary/aromatic N) is 1. The highest BCUT2D eigenvalue weighted by Gasteiger charge is 2.11. The third-order valence-electron chi connectivity index (χ3n) is 1.03. The van der Waals surface area contributed by atoms with E-state index < -0.39 is 12.1 Å². The highest BCUT2D eigenvalue weighted by Crippen LogP contribution is 1.99. The number of ether oxygens (including phenoxy) is 1. The average molecular weight is 228 g/mol. The number of alkyl halides is 2. The van der Waals surface area contributed by atoms with Crippen LogP contribution in [0.25, 0.3) is 0 Å². The molecule has 0 saturated carbocycles. The second kappa shape index (κ2) is 6.80. The Hall–Kier alpha value is -0.680. The first-order valence-electron chi connectivity index (χ1n) is 3.47. The van der Waals surface area contributed by atoms with Crippen molar-refractivity contribution in [2.24, 2.45) is 16.5 Å². The van der Waals surface area contributed by atoms with Crippen molar-refractivity contribution >= 4 is 35.1 Å². The monoisotopic (exact) mass is 227 g/mol. The van der Waals surface area contributed by atoms with Crippen LogP contribution in [0.4, 0.5) is 0 Å². The molecule has 0 aromatic heterocycles. The number of aliphatic imine (C=N–C) groups is 1. The summed E-state index contributed by atoms with van der Waals surface area (Å²) in [4.78, 5) is 14.4. The van der Waals surface area contributed by atoms with Crippen LogP contribution < -0.4 is 11.5 Å². The van der Waals surface area contributed by atoms with Crippen LogP contribution in [-0.4, -0.2) is 36.3 Å². The highest BCUT2D eigenvalue weighted by molar-refractivity contribution is 6.21. The summed E-state index contributed by atoms with van der Waals surface area (Å²) in [6.45, 7) is -0.216. The van der Waals surface area contributed by atoms with Gasteiger partial charge < -0.3 is 16.2 Å². The number of nitrogens with two attached hydrogens (primary N) is 2. The Morgan fingerprint density at radius 3 is 2.31 bits per heavy atom. The molecule has 4 N–H and O–H groups in total. The zero-order chi connectivity index (χ0) is 10.3. The van der Waals surface area contributed by atoms with Crippen LogP contribution in [0.15, 0.2) is 4.99 Å². The minimum absolute atomic E-state index is 0.150. The molecule has 0 aliphatic rings. The second-order valence-electron chi connectivity index (χ2n) is 2.16. The fourth-order valence-corrected chi connectivity index (χ4v) is 0.939. The van der Waals surface area contributed by atoms with Crippen molar-refractivity contribution in [2.75, 3.05) is 18.3 Å². The Bertz CT molecular complexity index is 190. The summed E-state index contributed by atoms with van der Waals surface area (Å²) in [6.07, 6.45) is -0.495. The smallest absolute Gasteiger partial charge is 0.328 e. The number of rotatable bonds is 5. The normalized spacial score (nSPS) is 9.77. The van der Waals surface area contributed by atoms with E-state index in [1.54, 1.807) is 0 Å². The molecule has 0 aliphatic carbocycles. The molecule has 0 aromatic rings. The SMILES string of the molecule is NC(N)=NCC(=O)OC(CCl)CCl. The number of carbonyl (C=O) groups excluding carboxylic acids is 1. The molecule has 0 unspecified atom stereocenters.